The minimum absolute atomic E-state index is 0.0681. The molecule has 0 bridgehead atoms. The van der Waals surface area contributed by atoms with Crippen LogP contribution in [0, 0.1) is 0 Å². The van der Waals surface area contributed by atoms with Crippen molar-refractivity contribution >= 4 is 0 Å². The highest BCUT2D eigenvalue weighted by Gasteiger charge is 2.29. The second kappa shape index (κ2) is 4.86. The minimum Gasteiger partial charge on any atom is -0.321 e. The third kappa shape index (κ3) is 2.37. The molecule has 16 heavy (non-hydrogen) atoms. The normalized spacial score (nSPS) is 25.6. The molecule has 88 valence electrons. The highest BCUT2D eigenvalue weighted by molar-refractivity contribution is 5.06. The second-order valence-corrected chi connectivity index (χ2v) is 4.47. The number of hydrogen-bond donors (Lipinski definition) is 1. The maximum Gasteiger partial charge on any atom is 0.0770 e. The van der Waals surface area contributed by atoms with Gasteiger partial charge in [-0.25, -0.2) is 0 Å². The van der Waals surface area contributed by atoms with Crippen LogP contribution in [-0.4, -0.2) is 59.5 Å². The zero-order chi connectivity index (χ0) is 11.5. The molecule has 0 aromatic carbocycles. The first-order valence-electron chi connectivity index (χ1n) is 5.59. The van der Waals surface area contributed by atoms with E-state index in [0.717, 1.165) is 25.3 Å². The molecule has 2 N–H and O–H groups in total. The Bertz CT molecular complexity index is 328. The Balaban J connectivity index is 2.11. The van der Waals surface area contributed by atoms with Gasteiger partial charge >= 0.3 is 0 Å². The van der Waals surface area contributed by atoms with Crippen LogP contribution in [0.25, 0.3) is 0 Å². The molecule has 1 aromatic rings. The summed E-state index contributed by atoms with van der Waals surface area (Å²) in [6.07, 6.45) is 5.13. The largest absolute Gasteiger partial charge is 0.321 e. The maximum absolute atomic E-state index is 6.25. The van der Waals surface area contributed by atoms with Crippen LogP contribution < -0.4 is 5.73 Å². The zero-order valence-corrected chi connectivity index (χ0v) is 9.87. The quantitative estimate of drug-likeness (QED) is 0.744. The topological polar surface area (TPSA) is 58.3 Å². The summed E-state index contributed by atoms with van der Waals surface area (Å²) in [7, 11) is 4.25. The van der Waals surface area contributed by atoms with Gasteiger partial charge in [0.1, 0.15) is 0 Å². The summed E-state index contributed by atoms with van der Waals surface area (Å²) in [5.74, 6) is 0. The molecule has 2 unspecified atom stereocenters. The molecule has 2 atom stereocenters. The molecule has 1 saturated heterocycles. The van der Waals surface area contributed by atoms with Crippen LogP contribution in [0.3, 0.4) is 0 Å². The first kappa shape index (κ1) is 11.4. The van der Waals surface area contributed by atoms with Crippen LogP contribution >= 0.6 is 0 Å². The van der Waals surface area contributed by atoms with Crippen LogP contribution in [0.1, 0.15) is 11.7 Å². The van der Waals surface area contributed by atoms with Gasteiger partial charge in [-0.05, 0) is 14.1 Å². The molecule has 0 aliphatic carbocycles. The summed E-state index contributed by atoms with van der Waals surface area (Å²) >= 11 is 0. The summed E-state index contributed by atoms with van der Waals surface area (Å²) in [4.78, 5) is 13.0. The van der Waals surface area contributed by atoms with Gasteiger partial charge in [0, 0.05) is 38.1 Å². The van der Waals surface area contributed by atoms with Gasteiger partial charge in [0.05, 0.1) is 17.9 Å². The molecule has 5 nitrogen and oxygen atoms in total. The Morgan fingerprint density at radius 2 is 2.19 bits per heavy atom. The monoisotopic (exact) mass is 221 g/mol. The number of rotatable bonds is 2. The molecule has 5 heteroatoms. The smallest absolute Gasteiger partial charge is 0.0770 e. The Morgan fingerprint density at radius 3 is 2.88 bits per heavy atom. The van der Waals surface area contributed by atoms with Crippen molar-refractivity contribution in [3.63, 3.8) is 0 Å². The number of hydrogen-bond acceptors (Lipinski definition) is 5. The van der Waals surface area contributed by atoms with E-state index in [1.807, 2.05) is 0 Å². The lowest BCUT2D eigenvalue weighted by Gasteiger charge is -2.40. The summed E-state index contributed by atoms with van der Waals surface area (Å²) in [5.41, 5.74) is 7.12. The van der Waals surface area contributed by atoms with E-state index in [0.29, 0.717) is 6.04 Å². The van der Waals surface area contributed by atoms with Gasteiger partial charge in [0.25, 0.3) is 0 Å². The van der Waals surface area contributed by atoms with Gasteiger partial charge < -0.3 is 10.6 Å². The number of likely N-dealkylation sites (N-methyl/N-ethyl adjacent to an activating group) is 2. The first-order valence-corrected chi connectivity index (χ1v) is 5.59. The highest BCUT2D eigenvalue weighted by atomic mass is 15.3. The average molecular weight is 221 g/mol. The van der Waals surface area contributed by atoms with Crippen LogP contribution in [0.2, 0.25) is 0 Å². The minimum atomic E-state index is -0.0681. The van der Waals surface area contributed by atoms with Gasteiger partial charge in [-0.1, -0.05) is 0 Å². The predicted molar refractivity (Wildman–Crippen MR) is 62.9 cm³/mol. The molecule has 0 amide bonds. The van der Waals surface area contributed by atoms with Gasteiger partial charge in [0.15, 0.2) is 0 Å². The van der Waals surface area contributed by atoms with Crippen molar-refractivity contribution in [2.24, 2.45) is 5.73 Å². The molecule has 1 aromatic heterocycles. The van der Waals surface area contributed by atoms with E-state index >= 15 is 0 Å². The Labute approximate surface area is 96.3 Å². The molecule has 1 aliphatic rings. The summed E-state index contributed by atoms with van der Waals surface area (Å²) < 4.78 is 0. The molecule has 1 fully saturated rings. The van der Waals surface area contributed by atoms with Crippen LogP contribution in [-0.2, 0) is 0 Å². The van der Waals surface area contributed by atoms with Crippen molar-refractivity contribution < 1.29 is 0 Å². The van der Waals surface area contributed by atoms with Crippen molar-refractivity contribution in [3.05, 3.63) is 24.3 Å². The number of nitrogens with zero attached hydrogens (tertiary/aromatic N) is 4. The molecule has 0 radical (unpaired) electrons. The van der Waals surface area contributed by atoms with Crippen molar-refractivity contribution in [3.8, 4) is 0 Å². The van der Waals surface area contributed by atoms with Gasteiger partial charge in [-0.2, -0.15) is 0 Å². The summed E-state index contributed by atoms with van der Waals surface area (Å²) in [6, 6.07) is 0.247. The standard InChI is InChI=1S/C11H19N5/c1-15-5-6-16(2)10(8-15)11(12)9-7-13-3-4-14-9/h3-4,7,10-11H,5-6,8,12H2,1-2H3. The van der Waals surface area contributed by atoms with Crippen molar-refractivity contribution in [1.29, 1.82) is 0 Å². The van der Waals surface area contributed by atoms with E-state index in [9.17, 15) is 0 Å². The van der Waals surface area contributed by atoms with E-state index in [1.165, 1.54) is 0 Å². The zero-order valence-electron chi connectivity index (χ0n) is 9.87. The maximum atomic E-state index is 6.25. The SMILES string of the molecule is CN1CCN(C)C(C(N)c2cnccn2)C1. The van der Waals surface area contributed by atoms with Gasteiger partial charge in [-0.3, -0.25) is 14.9 Å². The van der Waals surface area contributed by atoms with E-state index in [-0.39, 0.29) is 6.04 Å². The summed E-state index contributed by atoms with van der Waals surface area (Å²) in [6.45, 7) is 3.13. The number of aromatic nitrogens is 2. The van der Waals surface area contributed by atoms with E-state index < -0.39 is 0 Å². The molecular formula is C11H19N5. The fourth-order valence-corrected chi connectivity index (χ4v) is 2.11. The molecule has 2 heterocycles. The second-order valence-electron chi connectivity index (χ2n) is 4.47. The van der Waals surface area contributed by atoms with E-state index in [2.05, 4.69) is 33.9 Å². The molecule has 0 spiro atoms. The van der Waals surface area contributed by atoms with Gasteiger partial charge in [0.2, 0.25) is 0 Å². The molecular weight excluding hydrogens is 202 g/mol. The van der Waals surface area contributed by atoms with Gasteiger partial charge in [-0.15, -0.1) is 0 Å². The lowest BCUT2D eigenvalue weighted by molar-refractivity contribution is 0.0964. The molecule has 2 rings (SSSR count). The lowest BCUT2D eigenvalue weighted by atomic mass is 10.0. The van der Waals surface area contributed by atoms with Crippen molar-refractivity contribution in [2.45, 2.75) is 12.1 Å². The Kier molecular flexibility index (Phi) is 3.48. The third-order valence-corrected chi connectivity index (χ3v) is 3.24. The summed E-state index contributed by atoms with van der Waals surface area (Å²) in [5, 5.41) is 0. The fourth-order valence-electron chi connectivity index (χ4n) is 2.11. The average Bonchev–Trinajstić information content (AvgIpc) is 2.32. The first-order chi connectivity index (χ1) is 7.68. The Morgan fingerprint density at radius 1 is 1.38 bits per heavy atom. The van der Waals surface area contributed by atoms with Crippen molar-refractivity contribution in [2.75, 3.05) is 33.7 Å². The highest BCUT2D eigenvalue weighted by Crippen LogP contribution is 2.18. The fraction of sp³-hybridized carbons (Fsp3) is 0.636. The molecule has 1 aliphatic heterocycles. The number of piperazine rings is 1. The van der Waals surface area contributed by atoms with Crippen LogP contribution in [0.4, 0.5) is 0 Å². The lowest BCUT2D eigenvalue weighted by Crippen LogP contribution is -2.54. The van der Waals surface area contributed by atoms with Crippen LogP contribution in [0.15, 0.2) is 18.6 Å². The van der Waals surface area contributed by atoms with Crippen molar-refractivity contribution in [1.82, 2.24) is 19.8 Å². The number of nitrogens with two attached hydrogens (primary N) is 1. The predicted octanol–water partition coefficient (Wildman–Crippen LogP) is -0.278. The molecule has 0 saturated carbocycles. The van der Waals surface area contributed by atoms with E-state index in [1.54, 1.807) is 18.6 Å². The Hall–Kier alpha value is -1.04. The van der Waals surface area contributed by atoms with Crippen LogP contribution in [0.5, 0.6) is 0 Å². The third-order valence-electron chi connectivity index (χ3n) is 3.24. The van der Waals surface area contributed by atoms with E-state index in [4.69, 9.17) is 5.73 Å².